The SMILES string of the molecule is CC1(C)c2cc(-c3ccccc3)ccc2-c2c(N(c3ccccc3)c3cccc4oc5ccccc5c34)cccc2C1(C)C. The van der Waals surface area contributed by atoms with Gasteiger partial charge in [-0.05, 0) is 81.1 Å². The molecule has 1 aliphatic rings. The molecule has 8 rings (SSSR count). The zero-order valence-electron chi connectivity index (χ0n) is 25.6. The standard InChI is InChI=1S/C42H35NO/c1-41(2)33-20-13-21-35(39(33)31-26-25-29(27-34(31)42(41,3)4)28-15-7-5-8-16-28)43(30-17-9-6-10-18-30)36-22-14-24-38-40(36)32-19-11-12-23-37(32)44-38/h5-27H,1-4H3. The third-order valence-corrected chi connectivity index (χ3v) is 10.2. The Hall–Kier alpha value is -5.08. The lowest BCUT2D eigenvalue weighted by molar-refractivity contribution is 0.299. The zero-order chi connectivity index (χ0) is 30.1. The van der Waals surface area contributed by atoms with Gasteiger partial charge in [-0.3, -0.25) is 0 Å². The summed E-state index contributed by atoms with van der Waals surface area (Å²) in [4.78, 5) is 2.44. The minimum atomic E-state index is -0.128. The number of rotatable bonds is 4. The van der Waals surface area contributed by atoms with Crippen molar-refractivity contribution >= 4 is 39.0 Å². The van der Waals surface area contributed by atoms with Crippen LogP contribution in [0.2, 0.25) is 0 Å². The molecule has 0 amide bonds. The van der Waals surface area contributed by atoms with Gasteiger partial charge in [-0.25, -0.2) is 0 Å². The second-order valence-corrected chi connectivity index (χ2v) is 13.0. The van der Waals surface area contributed by atoms with Gasteiger partial charge in [0.05, 0.1) is 16.8 Å². The van der Waals surface area contributed by atoms with E-state index in [0.717, 1.165) is 33.3 Å². The lowest BCUT2D eigenvalue weighted by atomic mass is 9.55. The van der Waals surface area contributed by atoms with Crippen molar-refractivity contribution in [2.45, 2.75) is 38.5 Å². The molecular weight excluding hydrogens is 534 g/mol. The largest absolute Gasteiger partial charge is 0.456 e. The highest BCUT2D eigenvalue weighted by Crippen LogP contribution is 2.58. The fourth-order valence-electron chi connectivity index (χ4n) is 7.22. The monoisotopic (exact) mass is 569 g/mol. The van der Waals surface area contributed by atoms with Gasteiger partial charge in [0.15, 0.2) is 0 Å². The molecule has 0 saturated carbocycles. The number of hydrogen-bond donors (Lipinski definition) is 0. The van der Waals surface area contributed by atoms with Gasteiger partial charge in [0.25, 0.3) is 0 Å². The summed E-state index contributed by atoms with van der Waals surface area (Å²) in [6.07, 6.45) is 0. The third kappa shape index (κ3) is 3.80. The minimum absolute atomic E-state index is 0.100. The van der Waals surface area contributed by atoms with Crippen LogP contribution >= 0.6 is 0 Å². The summed E-state index contributed by atoms with van der Waals surface area (Å²) in [6.45, 7) is 9.63. The van der Waals surface area contributed by atoms with Gasteiger partial charge in [0, 0.05) is 16.6 Å². The molecule has 1 aliphatic carbocycles. The quantitative estimate of drug-likeness (QED) is 0.210. The zero-order valence-corrected chi connectivity index (χ0v) is 25.6. The first-order chi connectivity index (χ1) is 21.4. The fraction of sp³-hybridized carbons (Fsp3) is 0.143. The molecular formula is C42H35NO. The molecule has 0 unspecified atom stereocenters. The van der Waals surface area contributed by atoms with Gasteiger partial charge in [0.2, 0.25) is 0 Å². The van der Waals surface area contributed by atoms with Crippen molar-refractivity contribution in [2.75, 3.05) is 4.90 Å². The van der Waals surface area contributed by atoms with Gasteiger partial charge < -0.3 is 9.32 Å². The Morgan fingerprint density at radius 3 is 1.93 bits per heavy atom. The maximum absolute atomic E-state index is 6.37. The highest BCUT2D eigenvalue weighted by molar-refractivity contribution is 6.14. The van der Waals surface area contributed by atoms with E-state index in [-0.39, 0.29) is 10.8 Å². The predicted molar refractivity (Wildman–Crippen MR) is 185 cm³/mol. The number of para-hydroxylation sites is 2. The molecule has 0 radical (unpaired) electrons. The highest BCUT2D eigenvalue weighted by Gasteiger charge is 2.47. The molecule has 44 heavy (non-hydrogen) atoms. The van der Waals surface area contributed by atoms with Crippen molar-refractivity contribution < 1.29 is 4.42 Å². The lowest BCUT2D eigenvalue weighted by Crippen LogP contribution is -2.43. The van der Waals surface area contributed by atoms with Crippen LogP contribution < -0.4 is 4.90 Å². The van der Waals surface area contributed by atoms with Crippen molar-refractivity contribution in [1.29, 1.82) is 0 Å². The second kappa shape index (κ2) is 9.72. The van der Waals surface area contributed by atoms with Crippen molar-refractivity contribution in [3.05, 3.63) is 151 Å². The van der Waals surface area contributed by atoms with E-state index in [4.69, 9.17) is 4.42 Å². The van der Waals surface area contributed by atoms with Gasteiger partial charge in [0.1, 0.15) is 11.2 Å². The highest BCUT2D eigenvalue weighted by atomic mass is 16.3. The van der Waals surface area contributed by atoms with Gasteiger partial charge >= 0.3 is 0 Å². The number of fused-ring (bicyclic) bond motifs is 6. The molecule has 1 heterocycles. The van der Waals surface area contributed by atoms with Gasteiger partial charge in [-0.1, -0.05) is 125 Å². The average Bonchev–Trinajstić information content (AvgIpc) is 3.44. The molecule has 0 aliphatic heterocycles. The molecule has 2 heteroatoms. The van der Waals surface area contributed by atoms with Crippen molar-refractivity contribution in [1.82, 2.24) is 0 Å². The van der Waals surface area contributed by atoms with E-state index in [1.165, 1.54) is 39.1 Å². The van der Waals surface area contributed by atoms with Crippen LogP contribution in [0.4, 0.5) is 17.1 Å². The van der Waals surface area contributed by atoms with E-state index in [1.54, 1.807) is 0 Å². The van der Waals surface area contributed by atoms with E-state index < -0.39 is 0 Å². The lowest BCUT2D eigenvalue weighted by Gasteiger charge is -2.49. The minimum Gasteiger partial charge on any atom is -0.456 e. The van der Waals surface area contributed by atoms with E-state index in [0.29, 0.717) is 0 Å². The maximum Gasteiger partial charge on any atom is 0.137 e. The molecule has 0 atom stereocenters. The third-order valence-electron chi connectivity index (χ3n) is 10.2. The van der Waals surface area contributed by atoms with Crippen LogP contribution in [0.1, 0.15) is 38.8 Å². The molecule has 1 aromatic heterocycles. The fourth-order valence-corrected chi connectivity index (χ4v) is 7.22. The molecule has 0 N–H and O–H groups in total. The van der Waals surface area contributed by atoms with Crippen LogP contribution in [0.25, 0.3) is 44.2 Å². The van der Waals surface area contributed by atoms with Crippen LogP contribution in [-0.4, -0.2) is 0 Å². The van der Waals surface area contributed by atoms with E-state index in [9.17, 15) is 0 Å². The molecule has 2 nitrogen and oxygen atoms in total. The second-order valence-electron chi connectivity index (χ2n) is 13.0. The Kier molecular flexibility index (Phi) is 5.86. The van der Waals surface area contributed by atoms with Crippen molar-refractivity contribution in [3.63, 3.8) is 0 Å². The van der Waals surface area contributed by atoms with Gasteiger partial charge in [-0.15, -0.1) is 0 Å². The van der Waals surface area contributed by atoms with Crippen LogP contribution in [0.15, 0.2) is 144 Å². The number of nitrogens with zero attached hydrogens (tertiary/aromatic N) is 1. The summed E-state index contributed by atoms with van der Waals surface area (Å²) in [5.41, 5.74) is 12.8. The van der Waals surface area contributed by atoms with Crippen molar-refractivity contribution in [2.24, 2.45) is 0 Å². The van der Waals surface area contributed by atoms with Crippen LogP contribution in [0.3, 0.4) is 0 Å². The molecule has 6 aromatic carbocycles. The molecule has 7 aromatic rings. The number of hydrogen-bond acceptors (Lipinski definition) is 2. The molecule has 0 fully saturated rings. The first-order valence-corrected chi connectivity index (χ1v) is 15.5. The van der Waals surface area contributed by atoms with Crippen LogP contribution in [0, 0.1) is 0 Å². The predicted octanol–water partition coefficient (Wildman–Crippen LogP) is 12.0. The van der Waals surface area contributed by atoms with E-state index in [2.05, 4.69) is 166 Å². The van der Waals surface area contributed by atoms with E-state index >= 15 is 0 Å². The molecule has 0 spiro atoms. The van der Waals surface area contributed by atoms with E-state index in [1.807, 2.05) is 6.07 Å². The summed E-state index contributed by atoms with van der Waals surface area (Å²) in [5.74, 6) is 0. The summed E-state index contributed by atoms with van der Waals surface area (Å²) >= 11 is 0. The molecule has 0 bridgehead atoms. The summed E-state index contributed by atoms with van der Waals surface area (Å²) in [6, 6.07) is 50.2. The van der Waals surface area contributed by atoms with Crippen LogP contribution in [0.5, 0.6) is 0 Å². The Morgan fingerprint density at radius 1 is 0.500 bits per heavy atom. The summed E-state index contributed by atoms with van der Waals surface area (Å²) in [5, 5.41) is 2.25. The normalized spacial score (nSPS) is 14.7. The Labute approximate surface area is 259 Å². The first-order valence-electron chi connectivity index (χ1n) is 15.5. The topological polar surface area (TPSA) is 16.4 Å². The van der Waals surface area contributed by atoms with Crippen LogP contribution in [-0.2, 0) is 10.8 Å². The number of furan rings is 1. The molecule has 214 valence electrons. The summed E-state index contributed by atoms with van der Waals surface area (Å²) < 4.78 is 6.37. The van der Waals surface area contributed by atoms with Gasteiger partial charge in [-0.2, -0.15) is 0 Å². The molecule has 0 saturated heterocycles. The number of benzene rings is 6. The average molecular weight is 570 g/mol. The number of anilines is 3. The smallest absolute Gasteiger partial charge is 0.137 e. The summed E-state index contributed by atoms with van der Waals surface area (Å²) in [7, 11) is 0. The van der Waals surface area contributed by atoms with Crippen molar-refractivity contribution in [3.8, 4) is 22.3 Å². The Balaban J connectivity index is 1.45. The Morgan fingerprint density at radius 2 is 1.14 bits per heavy atom. The Bertz CT molecular complexity index is 2170. The first kappa shape index (κ1) is 26.5. The maximum atomic E-state index is 6.37.